The van der Waals surface area contributed by atoms with Gasteiger partial charge >= 0.3 is 24.7 Å². The van der Waals surface area contributed by atoms with Gasteiger partial charge in [-0.05, 0) is 29.2 Å². The number of anilines is 1. The second-order valence-electron chi connectivity index (χ2n) is 6.73. The SMILES string of the molecule is O=S(=O)(O)C(F)(F)S(=O)(=O)N(Cc1ccccc1)c1ccccc1Cc1ccccc1. The van der Waals surface area contributed by atoms with E-state index < -0.39 is 31.3 Å². The molecule has 0 aliphatic heterocycles. The Labute approximate surface area is 179 Å². The summed E-state index contributed by atoms with van der Waals surface area (Å²) >= 11 is 0. The van der Waals surface area contributed by atoms with Crippen LogP contribution in [-0.2, 0) is 33.1 Å². The molecule has 0 saturated carbocycles. The lowest BCUT2D eigenvalue weighted by Gasteiger charge is -2.29. The van der Waals surface area contributed by atoms with Crippen molar-refractivity contribution in [1.82, 2.24) is 0 Å². The van der Waals surface area contributed by atoms with E-state index >= 15 is 0 Å². The van der Waals surface area contributed by atoms with Crippen molar-refractivity contribution >= 4 is 25.8 Å². The van der Waals surface area contributed by atoms with E-state index in [9.17, 15) is 25.6 Å². The highest BCUT2D eigenvalue weighted by molar-refractivity contribution is 8.08. The van der Waals surface area contributed by atoms with Gasteiger partial charge in [-0.2, -0.15) is 25.6 Å². The molecule has 0 radical (unpaired) electrons. The maximum absolute atomic E-state index is 14.4. The number of nitrogens with zero attached hydrogens (tertiary/aromatic N) is 1. The molecular weight excluding hydrogens is 448 g/mol. The number of para-hydroxylation sites is 1. The minimum absolute atomic E-state index is 0.112. The minimum atomic E-state index is -6.24. The number of hydrogen-bond acceptors (Lipinski definition) is 4. The van der Waals surface area contributed by atoms with Gasteiger partial charge in [0.2, 0.25) is 0 Å². The number of hydrogen-bond donors (Lipinski definition) is 1. The molecule has 0 aliphatic rings. The Balaban J connectivity index is 2.16. The Hall–Kier alpha value is -2.82. The third kappa shape index (κ3) is 4.76. The topological polar surface area (TPSA) is 91.7 Å². The van der Waals surface area contributed by atoms with Crippen LogP contribution >= 0.6 is 0 Å². The summed E-state index contributed by atoms with van der Waals surface area (Å²) < 4.78 is 80.9. The van der Waals surface area contributed by atoms with Crippen molar-refractivity contribution in [2.45, 2.75) is 17.6 Å². The Morgan fingerprint density at radius 3 is 1.77 bits per heavy atom. The van der Waals surface area contributed by atoms with Gasteiger partial charge in [-0.15, -0.1) is 0 Å². The predicted octanol–water partition coefficient (Wildman–Crippen LogP) is 4.05. The summed E-state index contributed by atoms with van der Waals surface area (Å²) in [4.78, 5) is 0. The van der Waals surface area contributed by atoms with Crippen LogP contribution in [0.3, 0.4) is 0 Å². The van der Waals surface area contributed by atoms with Crippen molar-refractivity contribution < 1.29 is 30.2 Å². The van der Waals surface area contributed by atoms with Gasteiger partial charge in [0.15, 0.2) is 0 Å². The molecule has 3 aromatic rings. The van der Waals surface area contributed by atoms with E-state index in [1.807, 2.05) is 0 Å². The van der Waals surface area contributed by atoms with Crippen molar-refractivity contribution in [3.63, 3.8) is 0 Å². The molecule has 31 heavy (non-hydrogen) atoms. The van der Waals surface area contributed by atoms with Crippen LogP contribution in [0.4, 0.5) is 14.5 Å². The zero-order valence-corrected chi connectivity index (χ0v) is 17.7. The number of alkyl halides is 2. The van der Waals surface area contributed by atoms with E-state index in [4.69, 9.17) is 4.55 Å². The third-order valence-corrected chi connectivity index (χ3v) is 7.93. The van der Waals surface area contributed by atoms with Crippen molar-refractivity contribution in [1.29, 1.82) is 0 Å². The molecule has 0 saturated heterocycles. The molecule has 0 unspecified atom stereocenters. The van der Waals surface area contributed by atoms with Crippen molar-refractivity contribution in [3.05, 3.63) is 102 Å². The molecule has 3 rings (SSSR count). The van der Waals surface area contributed by atoms with Crippen LogP contribution in [0.5, 0.6) is 0 Å². The molecule has 0 fully saturated rings. The Morgan fingerprint density at radius 1 is 0.742 bits per heavy atom. The maximum Gasteiger partial charge on any atom is 0.489 e. The van der Waals surface area contributed by atoms with E-state index in [1.165, 1.54) is 24.3 Å². The van der Waals surface area contributed by atoms with E-state index in [0.29, 0.717) is 15.4 Å². The number of halogens is 2. The van der Waals surface area contributed by atoms with Gasteiger partial charge < -0.3 is 0 Å². The van der Waals surface area contributed by atoms with Gasteiger partial charge in [0.25, 0.3) is 0 Å². The zero-order valence-electron chi connectivity index (χ0n) is 16.1. The standard InChI is InChI=1S/C21H19F2NO5S2/c22-21(23,31(27,28)29)30(25,26)24(16-18-11-5-2-6-12-18)20-14-8-7-13-19(20)15-17-9-3-1-4-10-17/h1-14H,15-16H2,(H,27,28,29). The molecule has 6 nitrogen and oxygen atoms in total. The Morgan fingerprint density at radius 2 is 1.23 bits per heavy atom. The fraction of sp³-hybridized carbons (Fsp3) is 0.143. The van der Waals surface area contributed by atoms with Crippen molar-refractivity contribution in [2.24, 2.45) is 0 Å². The summed E-state index contributed by atoms with van der Waals surface area (Å²) in [5.41, 5.74) is 1.43. The molecule has 0 amide bonds. The van der Waals surface area contributed by atoms with Crippen LogP contribution < -0.4 is 4.31 Å². The summed E-state index contributed by atoms with van der Waals surface area (Å²) in [5.74, 6) is 0. The number of benzene rings is 3. The molecule has 0 bridgehead atoms. The highest BCUT2D eigenvalue weighted by Gasteiger charge is 2.60. The summed E-state index contributed by atoms with van der Waals surface area (Å²) in [6.45, 7) is -0.555. The van der Waals surface area contributed by atoms with Gasteiger partial charge in [-0.25, -0.2) is 0 Å². The highest BCUT2D eigenvalue weighted by atomic mass is 32.3. The largest absolute Gasteiger partial charge is 0.489 e. The van der Waals surface area contributed by atoms with Gasteiger partial charge in [0, 0.05) is 0 Å². The summed E-state index contributed by atoms with van der Waals surface area (Å²) in [6, 6.07) is 22.8. The lowest BCUT2D eigenvalue weighted by atomic mass is 10.0. The molecule has 164 valence electrons. The number of rotatable bonds is 8. The fourth-order valence-electron chi connectivity index (χ4n) is 3.03. The lowest BCUT2D eigenvalue weighted by molar-refractivity contribution is 0.165. The van der Waals surface area contributed by atoms with Gasteiger partial charge in [-0.1, -0.05) is 78.9 Å². The number of sulfonamides is 1. The normalized spacial score (nSPS) is 12.5. The van der Waals surface area contributed by atoms with Gasteiger partial charge in [0.05, 0.1) is 12.2 Å². The first-order valence-electron chi connectivity index (χ1n) is 9.07. The van der Waals surface area contributed by atoms with Crippen LogP contribution in [0.15, 0.2) is 84.9 Å². The molecule has 0 atom stereocenters. The zero-order chi connectivity index (χ0) is 22.7. The quantitative estimate of drug-likeness (QED) is 0.505. The first-order chi connectivity index (χ1) is 14.5. The molecule has 1 N–H and O–H groups in total. The molecule has 10 heteroatoms. The average Bonchev–Trinajstić information content (AvgIpc) is 2.73. The monoisotopic (exact) mass is 467 g/mol. The van der Waals surface area contributed by atoms with E-state index in [2.05, 4.69) is 0 Å². The second kappa shape index (κ2) is 8.74. The van der Waals surface area contributed by atoms with E-state index in [1.54, 1.807) is 60.7 Å². The first-order valence-corrected chi connectivity index (χ1v) is 11.9. The molecule has 3 aromatic carbocycles. The summed E-state index contributed by atoms with van der Waals surface area (Å²) in [7, 11) is -12.1. The Bertz CT molecular complexity index is 1250. The van der Waals surface area contributed by atoms with Crippen LogP contribution in [0.2, 0.25) is 0 Å². The fourth-order valence-corrected chi connectivity index (χ4v) is 5.38. The molecule has 0 aromatic heterocycles. The maximum atomic E-state index is 14.4. The minimum Gasteiger partial charge on any atom is -0.280 e. The predicted molar refractivity (Wildman–Crippen MR) is 114 cm³/mol. The summed E-state index contributed by atoms with van der Waals surface area (Å²) in [5, 5.41) is 0. The van der Waals surface area contributed by atoms with Gasteiger partial charge in [0.1, 0.15) is 0 Å². The van der Waals surface area contributed by atoms with Gasteiger partial charge in [-0.3, -0.25) is 8.86 Å². The Kier molecular flexibility index (Phi) is 6.44. The highest BCUT2D eigenvalue weighted by Crippen LogP contribution is 2.36. The third-order valence-electron chi connectivity index (χ3n) is 4.56. The van der Waals surface area contributed by atoms with Crippen LogP contribution in [0.1, 0.15) is 16.7 Å². The second-order valence-corrected chi connectivity index (χ2v) is 10.4. The molecular formula is C21H19F2NO5S2. The van der Waals surface area contributed by atoms with Crippen LogP contribution in [-0.4, -0.2) is 26.0 Å². The van der Waals surface area contributed by atoms with Crippen molar-refractivity contribution in [3.8, 4) is 0 Å². The molecule has 0 aliphatic carbocycles. The first kappa shape index (κ1) is 22.9. The average molecular weight is 468 g/mol. The smallest absolute Gasteiger partial charge is 0.280 e. The molecule has 0 heterocycles. The van der Waals surface area contributed by atoms with Crippen LogP contribution in [0.25, 0.3) is 0 Å². The van der Waals surface area contributed by atoms with Crippen LogP contribution in [0, 0.1) is 0 Å². The van der Waals surface area contributed by atoms with Crippen molar-refractivity contribution in [2.75, 3.05) is 4.31 Å². The van der Waals surface area contributed by atoms with E-state index in [-0.39, 0.29) is 12.1 Å². The molecule has 0 spiro atoms. The van der Waals surface area contributed by atoms with E-state index in [0.717, 1.165) is 5.56 Å². The lowest BCUT2D eigenvalue weighted by Crippen LogP contribution is -2.47. The summed E-state index contributed by atoms with van der Waals surface area (Å²) in [6.07, 6.45) is 0.218.